The smallest absolute Gasteiger partial charge is 0.262 e. The van der Waals surface area contributed by atoms with Crippen molar-refractivity contribution in [3.63, 3.8) is 0 Å². The van der Waals surface area contributed by atoms with Gasteiger partial charge in [0.1, 0.15) is 6.54 Å². The van der Waals surface area contributed by atoms with E-state index in [0.29, 0.717) is 11.5 Å². The van der Waals surface area contributed by atoms with E-state index in [-0.39, 0.29) is 25.6 Å². The molecule has 0 unspecified atom stereocenters. The van der Waals surface area contributed by atoms with Crippen LogP contribution >= 0.6 is 0 Å². The van der Waals surface area contributed by atoms with E-state index < -0.39 is 0 Å². The largest absolute Gasteiger partial charge is 0.398 e. The summed E-state index contributed by atoms with van der Waals surface area (Å²) in [5.74, 6) is 0.518. The van der Waals surface area contributed by atoms with Gasteiger partial charge >= 0.3 is 0 Å². The number of hydrazone groups is 1. The molecule has 0 aromatic heterocycles. The summed E-state index contributed by atoms with van der Waals surface area (Å²) in [6, 6.07) is 0. The second kappa shape index (κ2) is 3.74. The standard InChI is InChI=1S/C9H12N4O2/c10-7-1-2-8-11-13(3-4-14)9(15)6-12(8)5-7/h1-2,5,14H,3-4,6,10H2. The highest BCUT2D eigenvalue weighted by Crippen LogP contribution is 2.12. The first-order valence-electron chi connectivity index (χ1n) is 4.62. The fourth-order valence-electron chi connectivity index (χ4n) is 1.45. The molecule has 0 saturated carbocycles. The van der Waals surface area contributed by atoms with Crippen LogP contribution in [0.5, 0.6) is 0 Å². The maximum absolute atomic E-state index is 11.5. The van der Waals surface area contributed by atoms with Crippen molar-refractivity contribution in [2.24, 2.45) is 10.8 Å². The highest BCUT2D eigenvalue weighted by atomic mass is 16.3. The first-order valence-corrected chi connectivity index (χ1v) is 4.62. The van der Waals surface area contributed by atoms with Crippen molar-refractivity contribution in [2.45, 2.75) is 0 Å². The number of hydrogen-bond acceptors (Lipinski definition) is 5. The SMILES string of the molecule is NC1=CN2CC(=O)N(CCO)N=C2C=C1. The predicted molar refractivity (Wildman–Crippen MR) is 54.4 cm³/mol. The van der Waals surface area contributed by atoms with Gasteiger partial charge in [0.25, 0.3) is 5.91 Å². The molecule has 0 aromatic rings. The van der Waals surface area contributed by atoms with Gasteiger partial charge in [-0.1, -0.05) is 0 Å². The number of hydrogen-bond donors (Lipinski definition) is 2. The Bertz CT molecular complexity index is 372. The number of amides is 1. The van der Waals surface area contributed by atoms with Crippen molar-refractivity contribution in [3.05, 3.63) is 24.0 Å². The van der Waals surface area contributed by atoms with Gasteiger partial charge < -0.3 is 15.7 Å². The summed E-state index contributed by atoms with van der Waals surface area (Å²) < 4.78 is 0. The van der Waals surface area contributed by atoms with Crippen LogP contribution in [0.2, 0.25) is 0 Å². The lowest BCUT2D eigenvalue weighted by Gasteiger charge is -2.31. The molecule has 2 heterocycles. The van der Waals surface area contributed by atoms with Gasteiger partial charge in [-0.25, -0.2) is 5.01 Å². The van der Waals surface area contributed by atoms with Crippen molar-refractivity contribution in [2.75, 3.05) is 19.7 Å². The van der Waals surface area contributed by atoms with Gasteiger partial charge in [0.15, 0.2) is 5.84 Å². The third-order valence-corrected chi connectivity index (χ3v) is 2.15. The normalized spacial score (nSPS) is 19.9. The molecule has 2 aliphatic heterocycles. The molecule has 2 aliphatic rings. The summed E-state index contributed by atoms with van der Waals surface area (Å²) in [5.41, 5.74) is 6.19. The minimum Gasteiger partial charge on any atom is -0.398 e. The minimum atomic E-state index is -0.146. The number of nitrogens with two attached hydrogens (primary N) is 1. The number of β-amino-alcohol motifs (C(OH)–C–C–N with tert-alkyl or cyclic N) is 1. The summed E-state index contributed by atoms with van der Waals surface area (Å²) in [6.45, 7) is 0.345. The summed E-state index contributed by atoms with van der Waals surface area (Å²) in [5, 5.41) is 14.1. The molecule has 1 amide bonds. The predicted octanol–water partition coefficient (Wildman–Crippen LogP) is -1.19. The number of carbonyl (C=O) groups excluding carboxylic acids is 1. The summed E-state index contributed by atoms with van der Waals surface area (Å²) >= 11 is 0. The van der Waals surface area contributed by atoms with Crippen LogP contribution in [0.4, 0.5) is 0 Å². The number of aliphatic hydroxyl groups is 1. The fraction of sp³-hybridized carbons (Fsp3) is 0.333. The highest BCUT2D eigenvalue weighted by molar-refractivity contribution is 6.00. The van der Waals surface area contributed by atoms with Gasteiger partial charge in [-0.3, -0.25) is 4.79 Å². The number of rotatable bonds is 2. The quantitative estimate of drug-likeness (QED) is 0.597. The molecular formula is C9H12N4O2. The number of nitrogens with zero attached hydrogens (tertiary/aromatic N) is 3. The lowest BCUT2D eigenvalue weighted by Crippen LogP contribution is -2.46. The Labute approximate surface area is 86.9 Å². The molecule has 0 atom stereocenters. The van der Waals surface area contributed by atoms with Crippen LogP contribution in [0, 0.1) is 0 Å². The Morgan fingerprint density at radius 3 is 3.07 bits per heavy atom. The zero-order valence-corrected chi connectivity index (χ0v) is 8.13. The third-order valence-electron chi connectivity index (χ3n) is 2.15. The van der Waals surface area contributed by atoms with E-state index in [4.69, 9.17) is 10.8 Å². The molecule has 80 valence electrons. The van der Waals surface area contributed by atoms with Crippen LogP contribution in [-0.4, -0.2) is 46.5 Å². The Morgan fingerprint density at radius 2 is 2.33 bits per heavy atom. The molecule has 0 aliphatic carbocycles. The minimum absolute atomic E-state index is 0.0930. The molecule has 0 saturated heterocycles. The number of amidine groups is 1. The van der Waals surface area contributed by atoms with Gasteiger partial charge in [-0.05, 0) is 12.2 Å². The maximum Gasteiger partial charge on any atom is 0.262 e. The monoisotopic (exact) mass is 208 g/mol. The molecule has 0 bridgehead atoms. The first kappa shape index (κ1) is 9.72. The Kier molecular flexibility index (Phi) is 2.42. The van der Waals surface area contributed by atoms with Crippen molar-refractivity contribution in [3.8, 4) is 0 Å². The zero-order chi connectivity index (χ0) is 10.8. The second-order valence-corrected chi connectivity index (χ2v) is 3.29. The Balaban J connectivity index is 2.23. The fourth-order valence-corrected chi connectivity index (χ4v) is 1.45. The van der Waals surface area contributed by atoms with Crippen LogP contribution in [0.3, 0.4) is 0 Å². The molecule has 3 N–H and O–H groups in total. The van der Waals surface area contributed by atoms with E-state index in [2.05, 4.69) is 5.10 Å². The van der Waals surface area contributed by atoms with Crippen LogP contribution in [0.1, 0.15) is 0 Å². The van der Waals surface area contributed by atoms with Gasteiger partial charge in [-0.2, -0.15) is 5.10 Å². The summed E-state index contributed by atoms with van der Waals surface area (Å²) in [7, 11) is 0. The van der Waals surface area contributed by atoms with Gasteiger partial charge in [-0.15, -0.1) is 0 Å². The van der Waals surface area contributed by atoms with Gasteiger partial charge in [0.2, 0.25) is 0 Å². The molecule has 6 heteroatoms. The zero-order valence-electron chi connectivity index (χ0n) is 8.13. The van der Waals surface area contributed by atoms with Crippen LogP contribution in [0.25, 0.3) is 0 Å². The topological polar surface area (TPSA) is 82.2 Å². The number of allylic oxidation sites excluding steroid dienone is 1. The summed E-state index contributed by atoms with van der Waals surface area (Å²) in [4.78, 5) is 13.2. The van der Waals surface area contributed by atoms with Crippen LogP contribution in [-0.2, 0) is 4.79 Å². The Hall–Kier alpha value is -1.82. The van der Waals surface area contributed by atoms with Crippen molar-refractivity contribution >= 4 is 11.7 Å². The van der Waals surface area contributed by atoms with Crippen LogP contribution < -0.4 is 5.73 Å². The average Bonchev–Trinajstić information content (AvgIpc) is 2.20. The number of carbonyl (C=O) groups is 1. The van der Waals surface area contributed by atoms with Gasteiger partial charge in [0, 0.05) is 11.9 Å². The molecule has 15 heavy (non-hydrogen) atoms. The maximum atomic E-state index is 11.5. The number of fused-ring (bicyclic) bond motifs is 1. The molecule has 0 spiro atoms. The van der Waals surface area contributed by atoms with E-state index in [9.17, 15) is 4.79 Å². The van der Waals surface area contributed by atoms with E-state index in [1.165, 1.54) is 5.01 Å². The highest BCUT2D eigenvalue weighted by Gasteiger charge is 2.25. The molecule has 2 rings (SSSR count). The lowest BCUT2D eigenvalue weighted by molar-refractivity contribution is -0.132. The lowest BCUT2D eigenvalue weighted by atomic mass is 10.2. The first-order chi connectivity index (χ1) is 7.20. The van der Waals surface area contributed by atoms with E-state index >= 15 is 0 Å². The average molecular weight is 208 g/mol. The molecule has 0 fully saturated rings. The van der Waals surface area contributed by atoms with Crippen LogP contribution in [0.15, 0.2) is 29.2 Å². The molecular weight excluding hydrogens is 196 g/mol. The second-order valence-electron chi connectivity index (χ2n) is 3.29. The van der Waals surface area contributed by atoms with Gasteiger partial charge in [0.05, 0.1) is 13.2 Å². The Morgan fingerprint density at radius 1 is 1.53 bits per heavy atom. The summed E-state index contributed by atoms with van der Waals surface area (Å²) in [6.07, 6.45) is 5.14. The molecule has 0 aromatic carbocycles. The van der Waals surface area contributed by atoms with E-state index in [1.807, 2.05) is 0 Å². The van der Waals surface area contributed by atoms with Crippen molar-refractivity contribution < 1.29 is 9.90 Å². The molecule has 6 nitrogen and oxygen atoms in total. The third kappa shape index (κ3) is 1.84. The van der Waals surface area contributed by atoms with E-state index in [0.717, 1.165) is 0 Å². The molecule has 0 radical (unpaired) electrons. The number of aliphatic hydroxyl groups excluding tert-OH is 1. The van der Waals surface area contributed by atoms with E-state index in [1.54, 1.807) is 23.3 Å². The van der Waals surface area contributed by atoms with Crippen molar-refractivity contribution in [1.29, 1.82) is 0 Å². The van der Waals surface area contributed by atoms with Crippen molar-refractivity contribution in [1.82, 2.24) is 9.91 Å².